The van der Waals surface area contributed by atoms with E-state index in [-0.39, 0.29) is 0 Å². The van der Waals surface area contributed by atoms with Gasteiger partial charge in [0.1, 0.15) is 6.07 Å². The fraction of sp³-hybridized carbons (Fsp3) is 0.500. The third-order valence-corrected chi connectivity index (χ3v) is 3.36. The minimum atomic E-state index is 0.618. The summed E-state index contributed by atoms with van der Waals surface area (Å²) in [6, 6.07) is 8.41. The molecular weight excluding hydrogens is 232 g/mol. The van der Waals surface area contributed by atoms with Crippen molar-refractivity contribution in [3.63, 3.8) is 0 Å². The lowest BCUT2D eigenvalue weighted by Crippen LogP contribution is -2.27. The van der Waals surface area contributed by atoms with Gasteiger partial charge in [-0.2, -0.15) is 5.26 Å². The predicted molar refractivity (Wildman–Crippen MR) is 71.4 cm³/mol. The molecule has 0 spiro atoms. The highest BCUT2D eigenvalue weighted by Gasteiger charge is 2.30. The Morgan fingerprint density at radius 1 is 1.47 bits per heavy atom. The standard InChI is InChI=1S/C14H17ClN2/c1-2-3-8-17(13-6-7-13)14-9-12(15)5-4-11(14)10-16/h4-5,9,13H,2-3,6-8H2,1H3. The van der Waals surface area contributed by atoms with E-state index in [1.165, 1.54) is 19.3 Å². The van der Waals surface area contributed by atoms with Crippen LogP contribution in [0.4, 0.5) is 5.69 Å². The van der Waals surface area contributed by atoms with E-state index in [0.29, 0.717) is 11.1 Å². The maximum atomic E-state index is 9.17. The van der Waals surface area contributed by atoms with Crippen LogP contribution in [0.25, 0.3) is 0 Å². The summed E-state index contributed by atoms with van der Waals surface area (Å²) < 4.78 is 0. The number of nitriles is 1. The van der Waals surface area contributed by atoms with Crippen LogP contribution in [-0.4, -0.2) is 12.6 Å². The minimum absolute atomic E-state index is 0.618. The van der Waals surface area contributed by atoms with Crippen LogP contribution >= 0.6 is 11.6 Å². The van der Waals surface area contributed by atoms with Crippen LogP contribution in [0.1, 0.15) is 38.2 Å². The van der Waals surface area contributed by atoms with Crippen LogP contribution in [0.5, 0.6) is 0 Å². The molecule has 0 aromatic heterocycles. The topological polar surface area (TPSA) is 27.0 Å². The smallest absolute Gasteiger partial charge is 0.101 e. The molecule has 1 fully saturated rings. The first-order valence-corrected chi connectivity index (χ1v) is 6.60. The van der Waals surface area contributed by atoms with Crippen molar-refractivity contribution in [2.45, 2.75) is 38.6 Å². The maximum Gasteiger partial charge on any atom is 0.101 e. The molecule has 0 radical (unpaired) electrons. The average molecular weight is 249 g/mol. The summed E-state index contributed by atoms with van der Waals surface area (Å²) in [5, 5.41) is 9.88. The lowest BCUT2D eigenvalue weighted by molar-refractivity contribution is 0.712. The van der Waals surface area contributed by atoms with Gasteiger partial charge in [-0.15, -0.1) is 0 Å². The zero-order valence-electron chi connectivity index (χ0n) is 10.1. The molecular formula is C14H17ClN2. The molecule has 0 heterocycles. The zero-order chi connectivity index (χ0) is 12.3. The predicted octanol–water partition coefficient (Wildman–Crippen LogP) is 3.98. The summed E-state index contributed by atoms with van der Waals surface area (Å²) >= 11 is 6.04. The molecule has 0 N–H and O–H groups in total. The van der Waals surface area contributed by atoms with Gasteiger partial charge >= 0.3 is 0 Å². The Morgan fingerprint density at radius 3 is 2.82 bits per heavy atom. The molecule has 1 aromatic rings. The van der Waals surface area contributed by atoms with Crippen LogP contribution in [-0.2, 0) is 0 Å². The summed E-state index contributed by atoms with van der Waals surface area (Å²) in [5.74, 6) is 0. The molecule has 0 amide bonds. The summed E-state index contributed by atoms with van der Waals surface area (Å²) in [6.07, 6.45) is 4.81. The van der Waals surface area contributed by atoms with Gasteiger partial charge in [-0.25, -0.2) is 0 Å². The molecule has 2 rings (SSSR count). The van der Waals surface area contributed by atoms with E-state index in [4.69, 9.17) is 16.9 Å². The fourth-order valence-electron chi connectivity index (χ4n) is 2.05. The van der Waals surface area contributed by atoms with E-state index < -0.39 is 0 Å². The highest BCUT2D eigenvalue weighted by molar-refractivity contribution is 6.30. The average Bonchev–Trinajstić information content (AvgIpc) is 3.14. The van der Waals surface area contributed by atoms with Gasteiger partial charge in [0.05, 0.1) is 11.3 Å². The number of hydrogen-bond acceptors (Lipinski definition) is 2. The molecule has 1 aromatic carbocycles. The quantitative estimate of drug-likeness (QED) is 0.788. The van der Waals surface area contributed by atoms with E-state index in [1.807, 2.05) is 12.1 Å². The Kier molecular flexibility index (Phi) is 3.91. The summed E-state index contributed by atoms with van der Waals surface area (Å²) in [4.78, 5) is 2.36. The summed E-state index contributed by atoms with van der Waals surface area (Å²) in [7, 11) is 0. The first-order valence-electron chi connectivity index (χ1n) is 6.22. The van der Waals surface area contributed by atoms with Gasteiger partial charge in [0, 0.05) is 17.6 Å². The minimum Gasteiger partial charge on any atom is -0.367 e. The lowest BCUT2D eigenvalue weighted by atomic mass is 10.1. The Balaban J connectivity index is 2.27. The second-order valence-corrected chi connectivity index (χ2v) is 4.99. The van der Waals surface area contributed by atoms with Gasteiger partial charge in [-0.1, -0.05) is 24.9 Å². The molecule has 0 aliphatic heterocycles. The van der Waals surface area contributed by atoms with E-state index in [0.717, 1.165) is 24.2 Å². The second kappa shape index (κ2) is 5.42. The molecule has 2 nitrogen and oxygen atoms in total. The Morgan fingerprint density at radius 2 is 2.24 bits per heavy atom. The first-order chi connectivity index (χ1) is 8.26. The second-order valence-electron chi connectivity index (χ2n) is 4.55. The number of halogens is 1. The van der Waals surface area contributed by atoms with Crippen molar-refractivity contribution in [1.29, 1.82) is 5.26 Å². The molecule has 0 bridgehead atoms. The van der Waals surface area contributed by atoms with Gasteiger partial charge in [-0.3, -0.25) is 0 Å². The number of nitrogens with zero attached hydrogens (tertiary/aromatic N) is 2. The van der Waals surface area contributed by atoms with Crippen molar-refractivity contribution in [1.82, 2.24) is 0 Å². The Labute approximate surface area is 108 Å². The van der Waals surface area contributed by atoms with Crippen molar-refractivity contribution >= 4 is 17.3 Å². The van der Waals surface area contributed by atoms with Crippen LogP contribution in [0.2, 0.25) is 5.02 Å². The molecule has 0 atom stereocenters. The third-order valence-electron chi connectivity index (χ3n) is 3.13. The third kappa shape index (κ3) is 2.92. The van der Waals surface area contributed by atoms with Crippen LogP contribution < -0.4 is 4.90 Å². The summed E-state index contributed by atoms with van der Waals surface area (Å²) in [6.45, 7) is 3.21. The molecule has 0 unspecified atom stereocenters. The molecule has 90 valence electrons. The Bertz CT molecular complexity index is 432. The fourth-order valence-corrected chi connectivity index (χ4v) is 2.22. The van der Waals surface area contributed by atoms with E-state index in [9.17, 15) is 0 Å². The number of benzene rings is 1. The van der Waals surface area contributed by atoms with Crippen molar-refractivity contribution < 1.29 is 0 Å². The highest BCUT2D eigenvalue weighted by atomic mass is 35.5. The Hall–Kier alpha value is -1.20. The lowest BCUT2D eigenvalue weighted by Gasteiger charge is -2.25. The normalized spacial score (nSPS) is 14.4. The van der Waals surface area contributed by atoms with Crippen molar-refractivity contribution in [3.05, 3.63) is 28.8 Å². The van der Waals surface area contributed by atoms with Crippen LogP contribution in [0, 0.1) is 11.3 Å². The van der Waals surface area contributed by atoms with Gasteiger partial charge in [0.25, 0.3) is 0 Å². The molecule has 0 saturated heterocycles. The van der Waals surface area contributed by atoms with Crippen LogP contribution in [0.15, 0.2) is 18.2 Å². The molecule has 1 aliphatic rings. The molecule has 3 heteroatoms. The number of anilines is 1. The monoisotopic (exact) mass is 248 g/mol. The van der Waals surface area contributed by atoms with Crippen molar-refractivity contribution in [3.8, 4) is 6.07 Å². The first kappa shape index (κ1) is 12.3. The van der Waals surface area contributed by atoms with Gasteiger partial charge in [-0.05, 0) is 37.5 Å². The zero-order valence-corrected chi connectivity index (χ0v) is 10.9. The number of rotatable bonds is 5. The highest BCUT2D eigenvalue weighted by Crippen LogP contribution is 2.35. The molecule has 17 heavy (non-hydrogen) atoms. The van der Waals surface area contributed by atoms with Gasteiger partial charge < -0.3 is 4.90 Å². The van der Waals surface area contributed by atoms with Crippen molar-refractivity contribution in [2.75, 3.05) is 11.4 Å². The number of hydrogen-bond donors (Lipinski definition) is 0. The van der Waals surface area contributed by atoms with Gasteiger partial charge in [0.15, 0.2) is 0 Å². The maximum absolute atomic E-state index is 9.17. The molecule has 1 saturated carbocycles. The largest absolute Gasteiger partial charge is 0.367 e. The van der Waals surface area contributed by atoms with Crippen LogP contribution in [0.3, 0.4) is 0 Å². The molecule has 1 aliphatic carbocycles. The van der Waals surface area contributed by atoms with E-state index >= 15 is 0 Å². The SMILES string of the molecule is CCCCN(c1cc(Cl)ccc1C#N)C1CC1. The van der Waals surface area contributed by atoms with Crippen molar-refractivity contribution in [2.24, 2.45) is 0 Å². The van der Waals surface area contributed by atoms with E-state index in [1.54, 1.807) is 6.07 Å². The van der Waals surface area contributed by atoms with Gasteiger partial charge in [0.2, 0.25) is 0 Å². The summed E-state index contributed by atoms with van der Waals surface area (Å²) in [5.41, 5.74) is 1.74. The number of unbranched alkanes of at least 4 members (excludes halogenated alkanes) is 1. The van der Waals surface area contributed by atoms with E-state index in [2.05, 4.69) is 17.9 Å².